The molecule has 0 saturated carbocycles. The first kappa shape index (κ1) is 12.6. The van der Waals surface area contributed by atoms with Crippen LogP contribution in [0.3, 0.4) is 0 Å². The average Bonchev–Trinajstić information content (AvgIpc) is 2.78. The van der Waals surface area contributed by atoms with E-state index in [4.69, 9.17) is 5.73 Å². The average molecular weight is 252 g/mol. The van der Waals surface area contributed by atoms with Gasteiger partial charge in [-0.3, -0.25) is 4.79 Å². The molecule has 1 aromatic rings. The molecule has 0 aliphatic heterocycles. The van der Waals surface area contributed by atoms with Crippen molar-refractivity contribution < 1.29 is 4.79 Å². The summed E-state index contributed by atoms with van der Waals surface area (Å²) in [5.74, 6) is 0.0846. The van der Waals surface area contributed by atoms with E-state index in [9.17, 15) is 4.79 Å². The molecule has 17 heavy (non-hydrogen) atoms. The summed E-state index contributed by atoms with van der Waals surface area (Å²) < 4.78 is 0. The first-order chi connectivity index (χ1) is 8.31. The summed E-state index contributed by atoms with van der Waals surface area (Å²) in [7, 11) is 0. The van der Waals surface area contributed by atoms with Crippen molar-refractivity contribution in [2.24, 2.45) is 5.73 Å². The zero-order valence-electron chi connectivity index (χ0n) is 10.1. The van der Waals surface area contributed by atoms with Crippen molar-refractivity contribution in [2.45, 2.75) is 38.5 Å². The molecule has 3 nitrogen and oxygen atoms in total. The van der Waals surface area contributed by atoms with E-state index >= 15 is 0 Å². The third-order valence-electron chi connectivity index (χ3n) is 3.14. The quantitative estimate of drug-likeness (QED) is 0.788. The molecule has 0 radical (unpaired) electrons. The molecule has 0 bridgehead atoms. The number of nitrogens with two attached hydrogens (primary N) is 1. The zero-order valence-corrected chi connectivity index (χ0v) is 10.9. The van der Waals surface area contributed by atoms with Gasteiger partial charge in [0.2, 0.25) is 0 Å². The maximum absolute atomic E-state index is 11.9. The summed E-state index contributed by atoms with van der Waals surface area (Å²) in [4.78, 5) is 14.2. The molecule has 0 saturated heterocycles. The Labute approximate surface area is 106 Å². The second-order valence-electron chi connectivity index (χ2n) is 4.52. The molecule has 0 fully saturated rings. The number of hydrogen-bond donors (Lipinski definition) is 2. The first-order valence-electron chi connectivity index (χ1n) is 6.41. The van der Waals surface area contributed by atoms with E-state index < -0.39 is 0 Å². The molecule has 0 atom stereocenters. The van der Waals surface area contributed by atoms with Crippen LogP contribution in [0.2, 0.25) is 0 Å². The number of amides is 1. The molecule has 1 amide bonds. The van der Waals surface area contributed by atoms with Gasteiger partial charge >= 0.3 is 0 Å². The second-order valence-corrected chi connectivity index (χ2v) is 5.65. The Morgan fingerprint density at radius 1 is 1.35 bits per heavy atom. The Hall–Kier alpha value is -0.870. The molecule has 1 aliphatic carbocycles. The summed E-state index contributed by atoms with van der Waals surface area (Å²) in [5, 5.41) is 2.96. The van der Waals surface area contributed by atoms with Crippen LogP contribution in [-0.4, -0.2) is 19.0 Å². The number of aryl methyl sites for hydroxylation is 2. The number of rotatable bonds is 5. The predicted octanol–water partition coefficient (Wildman–Crippen LogP) is 2.10. The SMILES string of the molecule is NCCCCNC(=O)c1cc2c(s1)CCCC2. The van der Waals surface area contributed by atoms with Crippen molar-refractivity contribution in [3.8, 4) is 0 Å². The van der Waals surface area contributed by atoms with Crippen molar-refractivity contribution >= 4 is 17.2 Å². The highest BCUT2D eigenvalue weighted by Gasteiger charge is 2.16. The molecule has 94 valence electrons. The number of nitrogens with one attached hydrogen (secondary N) is 1. The zero-order chi connectivity index (χ0) is 12.1. The van der Waals surface area contributed by atoms with E-state index in [1.165, 1.54) is 23.3 Å². The van der Waals surface area contributed by atoms with Gasteiger partial charge < -0.3 is 11.1 Å². The minimum absolute atomic E-state index is 0.0846. The molecule has 1 aliphatic rings. The molecule has 2 rings (SSSR count). The fourth-order valence-corrected chi connectivity index (χ4v) is 3.33. The van der Waals surface area contributed by atoms with E-state index in [1.807, 2.05) is 0 Å². The van der Waals surface area contributed by atoms with Gasteiger partial charge in [0.1, 0.15) is 0 Å². The molecular weight excluding hydrogens is 232 g/mol. The van der Waals surface area contributed by atoms with Crippen LogP contribution in [0.4, 0.5) is 0 Å². The summed E-state index contributed by atoms with van der Waals surface area (Å²) in [6, 6.07) is 2.08. The van der Waals surface area contributed by atoms with Gasteiger partial charge in [-0.1, -0.05) is 0 Å². The lowest BCUT2D eigenvalue weighted by molar-refractivity contribution is 0.0957. The first-order valence-corrected chi connectivity index (χ1v) is 7.23. The van der Waals surface area contributed by atoms with Gasteiger partial charge in [-0.05, 0) is 56.7 Å². The van der Waals surface area contributed by atoms with Gasteiger partial charge in [-0.2, -0.15) is 0 Å². The van der Waals surface area contributed by atoms with Crippen molar-refractivity contribution in [3.05, 3.63) is 21.4 Å². The molecule has 1 aromatic heterocycles. The lowest BCUT2D eigenvalue weighted by Crippen LogP contribution is -2.24. The van der Waals surface area contributed by atoms with Crippen molar-refractivity contribution in [1.29, 1.82) is 0 Å². The van der Waals surface area contributed by atoms with E-state index in [1.54, 1.807) is 11.3 Å². The predicted molar refractivity (Wildman–Crippen MR) is 71.6 cm³/mol. The van der Waals surface area contributed by atoms with Crippen LogP contribution in [0.15, 0.2) is 6.07 Å². The minimum atomic E-state index is 0.0846. The number of fused-ring (bicyclic) bond motifs is 1. The van der Waals surface area contributed by atoms with Crippen molar-refractivity contribution in [2.75, 3.05) is 13.1 Å². The van der Waals surface area contributed by atoms with E-state index in [2.05, 4.69) is 11.4 Å². The molecule has 3 N–H and O–H groups in total. The van der Waals surface area contributed by atoms with Crippen LogP contribution in [0.5, 0.6) is 0 Å². The summed E-state index contributed by atoms with van der Waals surface area (Å²) in [6.45, 7) is 1.43. The van der Waals surface area contributed by atoms with Crippen LogP contribution >= 0.6 is 11.3 Å². The smallest absolute Gasteiger partial charge is 0.261 e. The Morgan fingerprint density at radius 3 is 2.94 bits per heavy atom. The van der Waals surface area contributed by atoms with E-state index in [0.717, 1.165) is 37.1 Å². The third kappa shape index (κ3) is 3.30. The Morgan fingerprint density at radius 2 is 2.18 bits per heavy atom. The van der Waals surface area contributed by atoms with E-state index in [-0.39, 0.29) is 5.91 Å². The fraction of sp³-hybridized carbons (Fsp3) is 0.615. The normalized spacial score (nSPS) is 14.4. The summed E-state index contributed by atoms with van der Waals surface area (Å²) in [6.07, 6.45) is 6.77. The third-order valence-corrected chi connectivity index (χ3v) is 4.37. The van der Waals surface area contributed by atoms with Crippen LogP contribution in [-0.2, 0) is 12.8 Å². The Bertz CT molecular complexity index is 363. The molecule has 4 heteroatoms. The maximum atomic E-state index is 11.9. The number of hydrogen-bond acceptors (Lipinski definition) is 3. The molecular formula is C13H20N2OS. The lowest BCUT2D eigenvalue weighted by Gasteiger charge is -2.08. The van der Waals surface area contributed by atoms with Crippen molar-refractivity contribution in [1.82, 2.24) is 5.32 Å². The van der Waals surface area contributed by atoms with Gasteiger partial charge in [-0.25, -0.2) is 0 Å². The highest BCUT2D eigenvalue weighted by molar-refractivity contribution is 7.14. The largest absolute Gasteiger partial charge is 0.351 e. The second kappa shape index (κ2) is 6.17. The number of unbranched alkanes of at least 4 members (excludes halogenated alkanes) is 1. The molecule has 0 spiro atoms. The number of thiophene rings is 1. The highest BCUT2D eigenvalue weighted by Crippen LogP contribution is 2.29. The summed E-state index contributed by atoms with van der Waals surface area (Å²) in [5.41, 5.74) is 6.81. The topological polar surface area (TPSA) is 55.1 Å². The van der Waals surface area contributed by atoms with Gasteiger partial charge in [0.05, 0.1) is 4.88 Å². The van der Waals surface area contributed by atoms with Gasteiger partial charge in [-0.15, -0.1) is 11.3 Å². The number of carbonyl (C=O) groups is 1. The summed E-state index contributed by atoms with van der Waals surface area (Å²) >= 11 is 1.67. The van der Waals surface area contributed by atoms with Gasteiger partial charge in [0.25, 0.3) is 5.91 Å². The molecule has 0 aromatic carbocycles. The van der Waals surface area contributed by atoms with Crippen LogP contribution in [0.25, 0.3) is 0 Å². The van der Waals surface area contributed by atoms with Crippen molar-refractivity contribution in [3.63, 3.8) is 0 Å². The van der Waals surface area contributed by atoms with Gasteiger partial charge in [0.15, 0.2) is 0 Å². The maximum Gasteiger partial charge on any atom is 0.261 e. The Kier molecular flexibility index (Phi) is 4.57. The van der Waals surface area contributed by atoms with Crippen LogP contribution in [0, 0.1) is 0 Å². The lowest BCUT2D eigenvalue weighted by atomic mass is 9.99. The molecule has 1 heterocycles. The number of carbonyl (C=O) groups excluding carboxylic acids is 1. The highest BCUT2D eigenvalue weighted by atomic mass is 32.1. The van der Waals surface area contributed by atoms with Crippen LogP contribution in [0.1, 0.15) is 45.8 Å². The fourth-order valence-electron chi connectivity index (χ4n) is 2.16. The van der Waals surface area contributed by atoms with E-state index in [0.29, 0.717) is 6.54 Å². The Balaban J connectivity index is 1.88. The standard InChI is InChI=1S/C13H20N2OS/c14-7-3-4-8-15-13(16)12-9-10-5-1-2-6-11(10)17-12/h9H,1-8,14H2,(H,15,16). The monoisotopic (exact) mass is 252 g/mol. The van der Waals surface area contributed by atoms with Gasteiger partial charge in [0, 0.05) is 11.4 Å². The molecule has 0 unspecified atom stereocenters. The minimum Gasteiger partial charge on any atom is -0.351 e. The van der Waals surface area contributed by atoms with Crippen LogP contribution < -0.4 is 11.1 Å².